The molecule has 182 valence electrons. The lowest BCUT2D eigenvalue weighted by molar-refractivity contribution is -0.127. The molecule has 0 radical (unpaired) electrons. The van der Waals surface area contributed by atoms with Gasteiger partial charge in [0.25, 0.3) is 11.5 Å². The molecule has 0 bridgehead atoms. The summed E-state index contributed by atoms with van der Waals surface area (Å²) in [5, 5.41) is 0.590. The average molecular weight is 510 g/mol. The third kappa shape index (κ3) is 4.70. The van der Waals surface area contributed by atoms with Gasteiger partial charge in [0.1, 0.15) is 5.75 Å². The van der Waals surface area contributed by atoms with Crippen molar-refractivity contribution >= 4 is 34.9 Å². The number of aromatic nitrogens is 1. The first-order valence-electron chi connectivity index (χ1n) is 11.5. The molecule has 4 rings (SSSR count). The van der Waals surface area contributed by atoms with Gasteiger partial charge in [-0.15, -0.1) is 0 Å². The molecule has 0 saturated carbocycles. The second-order valence-electron chi connectivity index (χ2n) is 8.34. The number of likely N-dealkylation sites (N-methyl/N-ethyl adjacent to an activating group) is 1. The fourth-order valence-corrected chi connectivity index (χ4v) is 5.49. The van der Waals surface area contributed by atoms with Gasteiger partial charge in [-0.05, 0) is 68.7 Å². The number of fused-ring (bicyclic) bond motifs is 1. The SMILES string of the molecule is CCN(CC)C(=O)C1=C(C)N=c2s/c(=C/c3ccc(C)c(OC)c3)c(=O)n2[C@H]1c1ccc(Cl)cc1. The Bertz CT molecular complexity index is 1480. The Hall–Kier alpha value is -3.16. The summed E-state index contributed by atoms with van der Waals surface area (Å²) in [6.45, 7) is 8.83. The molecule has 1 aliphatic rings. The highest BCUT2D eigenvalue weighted by atomic mass is 35.5. The number of carbonyl (C=O) groups excluding carboxylic acids is 1. The number of carbonyl (C=O) groups is 1. The van der Waals surface area contributed by atoms with E-state index in [0.717, 1.165) is 22.4 Å². The predicted molar refractivity (Wildman–Crippen MR) is 141 cm³/mol. The van der Waals surface area contributed by atoms with E-state index >= 15 is 0 Å². The van der Waals surface area contributed by atoms with E-state index in [9.17, 15) is 9.59 Å². The van der Waals surface area contributed by atoms with Crippen molar-refractivity contribution in [2.24, 2.45) is 4.99 Å². The van der Waals surface area contributed by atoms with Crippen LogP contribution in [0.3, 0.4) is 0 Å². The predicted octanol–water partition coefficient (Wildman–Crippen LogP) is 4.07. The number of hydrogen-bond acceptors (Lipinski definition) is 5. The molecular formula is C27H28ClN3O3S. The van der Waals surface area contributed by atoms with Crippen molar-refractivity contribution in [2.75, 3.05) is 20.2 Å². The maximum absolute atomic E-state index is 13.8. The molecule has 6 nitrogen and oxygen atoms in total. The quantitative estimate of drug-likeness (QED) is 0.503. The number of hydrogen-bond donors (Lipinski definition) is 0. The van der Waals surface area contributed by atoms with E-state index in [2.05, 4.69) is 0 Å². The van der Waals surface area contributed by atoms with Crippen LogP contribution in [0, 0.1) is 6.92 Å². The maximum Gasteiger partial charge on any atom is 0.271 e. The highest BCUT2D eigenvalue weighted by molar-refractivity contribution is 7.07. The molecule has 0 unspecified atom stereocenters. The zero-order chi connectivity index (χ0) is 25.3. The Morgan fingerprint density at radius 1 is 1.17 bits per heavy atom. The number of halogens is 1. The van der Waals surface area contributed by atoms with Crippen LogP contribution in [0.1, 0.15) is 43.5 Å². The first-order chi connectivity index (χ1) is 16.8. The highest BCUT2D eigenvalue weighted by Gasteiger charge is 2.34. The Balaban J connectivity index is 1.94. The summed E-state index contributed by atoms with van der Waals surface area (Å²) in [6.07, 6.45) is 1.84. The van der Waals surface area contributed by atoms with Crippen molar-refractivity contribution in [3.05, 3.63) is 95.1 Å². The number of benzene rings is 2. The lowest BCUT2D eigenvalue weighted by Gasteiger charge is -2.29. The fraction of sp³-hybridized carbons (Fsp3) is 0.296. The van der Waals surface area contributed by atoms with Crippen molar-refractivity contribution in [1.82, 2.24) is 9.47 Å². The third-order valence-electron chi connectivity index (χ3n) is 6.22. The van der Waals surface area contributed by atoms with Crippen molar-refractivity contribution < 1.29 is 9.53 Å². The Morgan fingerprint density at radius 3 is 2.49 bits per heavy atom. The van der Waals surface area contributed by atoms with Crippen LogP contribution in [-0.2, 0) is 4.79 Å². The van der Waals surface area contributed by atoms with Crippen molar-refractivity contribution in [3.8, 4) is 5.75 Å². The molecule has 1 atom stereocenters. The molecule has 35 heavy (non-hydrogen) atoms. The summed E-state index contributed by atoms with van der Waals surface area (Å²) in [5.41, 5.74) is 3.62. The Labute approximate surface area is 213 Å². The summed E-state index contributed by atoms with van der Waals surface area (Å²) in [4.78, 5) is 34.4. The summed E-state index contributed by atoms with van der Waals surface area (Å²) in [6, 6.07) is 12.5. The number of rotatable bonds is 6. The summed E-state index contributed by atoms with van der Waals surface area (Å²) >= 11 is 7.46. The first-order valence-corrected chi connectivity index (χ1v) is 12.7. The van der Waals surface area contributed by atoms with Crippen molar-refractivity contribution in [1.29, 1.82) is 0 Å². The summed E-state index contributed by atoms with van der Waals surface area (Å²) in [5.74, 6) is 0.641. The summed E-state index contributed by atoms with van der Waals surface area (Å²) < 4.78 is 7.61. The van der Waals surface area contributed by atoms with E-state index in [1.165, 1.54) is 11.3 Å². The molecule has 1 aromatic heterocycles. The number of amides is 1. The van der Waals surface area contributed by atoms with Crippen LogP contribution in [-0.4, -0.2) is 35.6 Å². The topological polar surface area (TPSA) is 63.9 Å². The molecule has 0 aliphatic carbocycles. The maximum atomic E-state index is 13.8. The number of ether oxygens (including phenoxy) is 1. The van der Waals surface area contributed by atoms with Crippen LogP contribution in [0.5, 0.6) is 5.75 Å². The number of aryl methyl sites for hydroxylation is 1. The van der Waals surface area contributed by atoms with E-state index in [0.29, 0.717) is 38.7 Å². The van der Waals surface area contributed by atoms with Gasteiger partial charge < -0.3 is 9.64 Å². The van der Waals surface area contributed by atoms with E-state index < -0.39 is 6.04 Å². The van der Waals surface area contributed by atoms with Crippen molar-refractivity contribution in [2.45, 2.75) is 33.7 Å². The molecular weight excluding hydrogens is 482 g/mol. The van der Waals surface area contributed by atoms with E-state index in [1.807, 2.05) is 64.1 Å². The van der Waals surface area contributed by atoms with Crippen LogP contribution in [0.4, 0.5) is 0 Å². The highest BCUT2D eigenvalue weighted by Crippen LogP contribution is 2.31. The second-order valence-corrected chi connectivity index (χ2v) is 9.79. The lowest BCUT2D eigenvalue weighted by Crippen LogP contribution is -2.43. The minimum atomic E-state index is -0.591. The lowest BCUT2D eigenvalue weighted by atomic mass is 9.94. The zero-order valence-corrected chi connectivity index (χ0v) is 22.0. The van der Waals surface area contributed by atoms with Gasteiger partial charge in [0.2, 0.25) is 0 Å². The average Bonchev–Trinajstić information content (AvgIpc) is 3.15. The minimum absolute atomic E-state index is 0.117. The smallest absolute Gasteiger partial charge is 0.271 e. The molecule has 8 heteroatoms. The number of allylic oxidation sites excluding steroid dienone is 1. The fourth-order valence-electron chi connectivity index (χ4n) is 4.31. The molecule has 2 heterocycles. The second kappa shape index (κ2) is 10.2. The zero-order valence-electron chi connectivity index (χ0n) is 20.5. The van der Waals surface area contributed by atoms with Gasteiger partial charge in [-0.1, -0.05) is 47.2 Å². The number of methoxy groups -OCH3 is 1. The van der Waals surface area contributed by atoms with E-state index in [-0.39, 0.29) is 11.5 Å². The Kier molecular flexibility index (Phi) is 7.28. The number of nitrogens with zero attached hydrogens (tertiary/aromatic N) is 3. The van der Waals surface area contributed by atoms with Crippen LogP contribution in [0.15, 0.2) is 63.5 Å². The van der Waals surface area contributed by atoms with E-state index in [4.69, 9.17) is 21.3 Å². The standard InChI is InChI=1S/C27H28ClN3O3S/c1-6-30(7-2)26(33)23-17(4)29-27-31(24(23)19-10-12-20(28)13-11-19)25(32)22(35-27)15-18-9-8-16(3)21(14-18)34-5/h8-15,24H,6-7H2,1-5H3/b22-15+/t24-/m0/s1. The van der Waals surface area contributed by atoms with E-state index in [1.54, 1.807) is 28.7 Å². The van der Waals surface area contributed by atoms with Crippen LogP contribution < -0.4 is 19.6 Å². The van der Waals surface area contributed by atoms with Crippen LogP contribution in [0.2, 0.25) is 5.02 Å². The number of thiazole rings is 1. The summed E-state index contributed by atoms with van der Waals surface area (Å²) in [7, 11) is 1.63. The van der Waals surface area contributed by atoms with Gasteiger partial charge in [0, 0.05) is 18.1 Å². The van der Waals surface area contributed by atoms with Gasteiger partial charge in [-0.3, -0.25) is 14.2 Å². The van der Waals surface area contributed by atoms with Gasteiger partial charge in [0.05, 0.1) is 29.0 Å². The van der Waals surface area contributed by atoms with Crippen LogP contribution in [0.25, 0.3) is 6.08 Å². The monoisotopic (exact) mass is 509 g/mol. The van der Waals surface area contributed by atoms with Crippen LogP contribution >= 0.6 is 22.9 Å². The minimum Gasteiger partial charge on any atom is -0.496 e. The molecule has 0 saturated heterocycles. The third-order valence-corrected chi connectivity index (χ3v) is 7.45. The molecule has 2 aromatic carbocycles. The molecule has 1 amide bonds. The Morgan fingerprint density at radius 2 is 1.86 bits per heavy atom. The van der Waals surface area contributed by atoms with Gasteiger partial charge >= 0.3 is 0 Å². The molecule has 1 aliphatic heterocycles. The van der Waals surface area contributed by atoms with Gasteiger partial charge in [-0.25, -0.2) is 4.99 Å². The first kappa shape index (κ1) is 24.9. The molecule has 3 aromatic rings. The van der Waals surface area contributed by atoms with Crippen molar-refractivity contribution in [3.63, 3.8) is 0 Å². The molecule has 0 N–H and O–H groups in total. The largest absolute Gasteiger partial charge is 0.496 e. The van der Waals surface area contributed by atoms with Gasteiger partial charge in [0.15, 0.2) is 4.80 Å². The molecule has 0 spiro atoms. The normalized spacial score (nSPS) is 15.6. The molecule has 0 fully saturated rings. The van der Waals surface area contributed by atoms with Gasteiger partial charge in [-0.2, -0.15) is 0 Å².